The maximum atomic E-state index is 8.51. The highest BCUT2D eigenvalue weighted by Crippen LogP contribution is 1.66. The molecule has 0 spiro atoms. The highest BCUT2D eigenvalue weighted by Gasteiger charge is 1.45. The van der Waals surface area contributed by atoms with Crippen LogP contribution in [0.2, 0.25) is 0 Å². The molecule has 3 atom stereocenters. The van der Waals surface area contributed by atoms with Gasteiger partial charge in [-0.15, -0.1) is 0 Å². The second-order valence-corrected chi connectivity index (χ2v) is 0.822. The van der Waals surface area contributed by atoms with Gasteiger partial charge in [-0.1, -0.05) is 0 Å². The predicted molar refractivity (Wildman–Crippen MR) is 37.3 cm³/mol. The van der Waals surface area contributed by atoms with Crippen molar-refractivity contribution in [1.29, 1.82) is 0 Å². The summed E-state index contributed by atoms with van der Waals surface area (Å²) in [6.07, 6.45) is 0. The Hall–Kier alpha value is 0.140. The van der Waals surface area contributed by atoms with Gasteiger partial charge in [-0.2, -0.15) is 14.7 Å². The van der Waals surface area contributed by atoms with Crippen LogP contribution >= 0.6 is 26.1 Å². The molecule has 0 heterocycles. The quantitative estimate of drug-likeness (QED) is 0.437. The lowest BCUT2D eigenvalue weighted by Crippen LogP contribution is -1.03. The van der Waals surface area contributed by atoms with Gasteiger partial charge in [0, 0.05) is 0 Å². The van der Waals surface area contributed by atoms with Gasteiger partial charge in [-0.05, 0) is 13.7 Å². The standard InChI is InChI=1S/3HO2P.H2O/c3*1-3-2;/h3*3H;1H2/p+3. The van der Waals surface area contributed by atoms with Crippen LogP contribution in [0, 0.1) is 0 Å². The van der Waals surface area contributed by atoms with E-state index in [1.807, 2.05) is 0 Å². The first-order chi connectivity index (χ1) is 4.24. The van der Waals surface area contributed by atoms with Crippen LogP contribution in [-0.4, -0.2) is 20.2 Å². The Morgan fingerprint density at radius 1 is 0.700 bits per heavy atom. The van der Waals surface area contributed by atoms with E-state index in [1.54, 1.807) is 0 Å². The van der Waals surface area contributed by atoms with Gasteiger partial charge in [0.25, 0.3) is 0 Å². The lowest BCUT2D eigenvalue weighted by atomic mass is 15.9. The predicted octanol–water partition coefficient (Wildman–Crippen LogP) is -1.07. The fourth-order valence-electron chi connectivity index (χ4n) is 0. The molecule has 0 aromatic rings. The molecular weight excluding hydrogens is 205 g/mol. The van der Waals surface area contributed by atoms with Crippen LogP contribution < -0.4 is 0 Å². The highest BCUT2D eigenvalue weighted by atomic mass is 31.1. The fraction of sp³-hybridized carbons (Fsp3) is 0. The summed E-state index contributed by atoms with van der Waals surface area (Å²) in [6, 6.07) is 0. The van der Waals surface area contributed by atoms with Gasteiger partial charge in [0.1, 0.15) is 0 Å². The average Bonchev–Trinajstić information content (AvgIpc) is 1.70. The van der Waals surface area contributed by atoms with Crippen molar-refractivity contribution in [3.63, 3.8) is 0 Å². The second kappa shape index (κ2) is 61.4. The van der Waals surface area contributed by atoms with Crippen molar-refractivity contribution in [3.05, 3.63) is 0 Å². The normalized spacial score (nSPS) is 6.30. The molecule has 0 aromatic heterocycles. The molecule has 0 amide bonds. The molecule has 62 valence electrons. The van der Waals surface area contributed by atoms with Crippen LogP contribution in [0.3, 0.4) is 0 Å². The van der Waals surface area contributed by atoms with Crippen molar-refractivity contribution >= 4 is 26.1 Å². The Morgan fingerprint density at radius 2 is 0.700 bits per heavy atom. The van der Waals surface area contributed by atoms with Gasteiger partial charge in [0.15, 0.2) is 0 Å². The van der Waals surface area contributed by atoms with Crippen molar-refractivity contribution in [2.45, 2.75) is 0 Å². The lowest BCUT2D eigenvalue weighted by Gasteiger charge is -1.08. The van der Waals surface area contributed by atoms with E-state index in [0.717, 1.165) is 0 Å². The zero-order valence-electron chi connectivity index (χ0n) is 4.57. The Labute approximate surface area is 60.9 Å². The van der Waals surface area contributed by atoms with Crippen molar-refractivity contribution in [2.24, 2.45) is 0 Å². The Kier molecular flexibility index (Phi) is 138. The van der Waals surface area contributed by atoms with Gasteiger partial charge in [0.05, 0.1) is 0 Å². The van der Waals surface area contributed by atoms with Crippen LogP contribution in [0.4, 0.5) is 0 Å². The minimum Gasteiger partial charge on any atom is -0.412 e. The third-order valence-electron chi connectivity index (χ3n) is 0. The second-order valence-electron chi connectivity index (χ2n) is 0.274. The zero-order chi connectivity index (χ0) is 8.12. The summed E-state index contributed by atoms with van der Waals surface area (Å²) >= 11 is 0. The fourth-order valence-corrected chi connectivity index (χ4v) is 0. The van der Waals surface area contributed by atoms with Crippen molar-refractivity contribution in [3.8, 4) is 0 Å². The smallest absolute Gasteiger partial charge is 0.412 e. The first-order valence-corrected chi connectivity index (χ1v) is 3.85. The molecule has 0 aliphatic heterocycles. The monoisotopic (exact) mass is 213 g/mol. The summed E-state index contributed by atoms with van der Waals surface area (Å²) in [6.45, 7) is 0. The summed E-state index contributed by atoms with van der Waals surface area (Å²) in [5.74, 6) is 0. The van der Waals surface area contributed by atoms with Crippen LogP contribution in [0.5, 0.6) is 0 Å². The van der Waals surface area contributed by atoms with Gasteiger partial charge in [-0.3, -0.25) is 0 Å². The maximum Gasteiger partial charge on any atom is 0.491 e. The van der Waals surface area contributed by atoms with E-state index in [9.17, 15) is 0 Å². The molecule has 0 radical (unpaired) electrons. The molecular formula is H8O7P3+3. The van der Waals surface area contributed by atoms with Crippen molar-refractivity contribution in [1.82, 2.24) is 0 Å². The van der Waals surface area contributed by atoms with E-state index in [0.29, 0.717) is 0 Å². The SMILES string of the molecule is O.O=[PH+]O.O=[PH+]O.O=[PH+]O. The maximum absolute atomic E-state index is 8.51. The van der Waals surface area contributed by atoms with E-state index < -0.39 is 26.1 Å². The molecule has 10 heteroatoms. The van der Waals surface area contributed by atoms with Crippen molar-refractivity contribution < 1.29 is 33.9 Å². The topological polar surface area (TPSA) is 143 Å². The van der Waals surface area contributed by atoms with Crippen LogP contribution in [0.1, 0.15) is 0 Å². The van der Waals surface area contributed by atoms with Crippen molar-refractivity contribution in [2.75, 3.05) is 0 Å². The number of hydrogen-bond donors (Lipinski definition) is 3. The lowest BCUT2D eigenvalue weighted by molar-refractivity contribution is 0.523. The van der Waals surface area contributed by atoms with E-state index in [1.165, 1.54) is 0 Å². The molecule has 3 unspecified atom stereocenters. The van der Waals surface area contributed by atoms with Gasteiger partial charge in [0.2, 0.25) is 0 Å². The molecule has 0 fully saturated rings. The summed E-state index contributed by atoms with van der Waals surface area (Å²) < 4.78 is 25.5. The molecule has 5 N–H and O–H groups in total. The highest BCUT2D eigenvalue weighted by molar-refractivity contribution is 7.16. The largest absolute Gasteiger partial charge is 0.491 e. The minimum absolute atomic E-state index is 0. The van der Waals surface area contributed by atoms with E-state index in [2.05, 4.69) is 0 Å². The van der Waals surface area contributed by atoms with Gasteiger partial charge in [-0.25, -0.2) is 0 Å². The third-order valence-corrected chi connectivity index (χ3v) is 0. The Morgan fingerprint density at radius 3 is 0.700 bits per heavy atom. The molecule has 7 nitrogen and oxygen atoms in total. The Bertz CT molecular complexity index is 45.6. The summed E-state index contributed by atoms with van der Waals surface area (Å²) in [5.41, 5.74) is 0. The molecule has 0 bridgehead atoms. The van der Waals surface area contributed by atoms with Crippen LogP contribution in [0.15, 0.2) is 0 Å². The molecule has 10 heavy (non-hydrogen) atoms. The minimum atomic E-state index is -1.17. The molecule has 0 aliphatic rings. The molecule has 0 saturated carbocycles. The number of rotatable bonds is 0. The summed E-state index contributed by atoms with van der Waals surface area (Å²) in [4.78, 5) is 21.1. The van der Waals surface area contributed by atoms with E-state index in [-0.39, 0.29) is 5.48 Å². The molecule has 0 aromatic carbocycles. The average molecular weight is 213 g/mol. The van der Waals surface area contributed by atoms with Crippen LogP contribution in [0.25, 0.3) is 0 Å². The van der Waals surface area contributed by atoms with Crippen LogP contribution in [-0.2, 0) is 13.7 Å². The molecule has 0 aliphatic carbocycles. The zero-order valence-corrected chi connectivity index (χ0v) is 7.57. The summed E-state index contributed by atoms with van der Waals surface area (Å²) in [5, 5.41) is 0. The van der Waals surface area contributed by atoms with E-state index in [4.69, 9.17) is 28.4 Å². The van der Waals surface area contributed by atoms with Gasteiger partial charge < -0.3 is 5.48 Å². The summed E-state index contributed by atoms with van der Waals surface area (Å²) in [7, 11) is -3.50. The molecule has 0 saturated heterocycles. The third kappa shape index (κ3) is 21200. The first-order valence-electron chi connectivity index (χ1n) is 1.28. The van der Waals surface area contributed by atoms with Gasteiger partial charge >= 0.3 is 26.1 Å². The van der Waals surface area contributed by atoms with E-state index >= 15 is 0 Å². The molecule has 0 rings (SSSR count). The first kappa shape index (κ1) is 22.5. The number of hydrogen-bond acceptors (Lipinski definition) is 3. The Balaban J connectivity index is -0.0000000257.